The molecule has 4 aromatic rings. The van der Waals surface area contributed by atoms with Gasteiger partial charge >= 0.3 is 0 Å². The molecule has 0 bridgehead atoms. The molecule has 0 unspecified atom stereocenters. The number of hydrogen-bond donors (Lipinski definition) is 1. The molecule has 0 atom stereocenters. The first kappa shape index (κ1) is 21.7. The first-order valence-corrected chi connectivity index (χ1v) is 11.1. The van der Waals surface area contributed by atoms with Gasteiger partial charge in [-0.15, -0.1) is 0 Å². The van der Waals surface area contributed by atoms with Crippen LogP contribution in [-0.4, -0.2) is 22.0 Å². The van der Waals surface area contributed by atoms with Crippen molar-refractivity contribution in [2.45, 2.75) is 19.4 Å². The Bertz CT molecular complexity index is 1240. The minimum Gasteiger partial charge on any atom is -0.352 e. The Morgan fingerprint density at radius 1 is 0.935 bits per heavy atom. The zero-order valence-electron chi connectivity index (χ0n) is 16.6. The van der Waals surface area contributed by atoms with E-state index >= 15 is 0 Å². The lowest BCUT2D eigenvalue weighted by Gasteiger charge is -2.12. The highest BCUT2D eigenvalue weighted by molar-refractivity contribution is 6.35. The van der Waals surface area contributed by atoms with Crippen LogP contribution in [0.15, 0.2) is 66.7 Å². The molecule has 158 valence electrons. The maximum Gasteiger partial charge on any atom is 0.252 e. The number of fused-ring (bicyclic) bond motifs is 1. The van der Waals surface area contributed by atoms with Crippen molar-refractivity contribution in [2.75, 3.05) is 6.54 Å². The molecule has 1 heterocycles. The highest BCUT2D eigenvalue weighted by Crippen LogP contribution is 2.25. The van der Waals surface area contributed by atoms with Gasteiger partial charge in [0.2, 0.25) is 0 Å². The zero-order chi connectivity index (χ0) is 21.8. The van der Waals surface area contributed by atoms with Crippen molar-refractivity contribution in [3.05, 3.63) is 98.7 Å². The van der Waals surface area contributed by atoms with E-state index in [1.165, 1.54) is 0 Å². The van der Waals surface area contributed by atoms with Crippen LogP contribution in [0.4, 0.5) is 0 Å². The normalized spacial score (nSPS) is 11.1. The lowest BCUT2D eigenvalue weighted by molar-refractivity contribution is 0.0953. The SMILES string of the molecule is O=C(NCCCc1nc2ccccc2n1Cc1ccc(Cl)cc1Cl)c1ccccc1Cl. The molecule has 7 heteroatoms. The lowest BCUT2D eigenvalue weighted by Crippen LogP contribution is -2.25. The molecule has 31 heavy (non-hydrogen) atoms. The van der Waals surface area contributed by atoms with Gasteiger partial charge < -0.3 is 9.88 Å². The monoisotopic (exact) mass is 471 g/mol. The van der Waals surface area contributed by atoms with Gasteiger partial charge in [-0.2, -0.15) is 0 Å². The van der Waals surface area contributed by atoms with E-state index in [4.69, 9.17) is 39.8 Å². The number of rotatable bonds is 7. The van der Waals surface area contributed by atoms with E-state index in [1.54, 1.807) is 30.3 Å². The Labute approximate surface area is 195 Å². The van der Waals surface area contributed by atoms with Gasteiger partial charge in [0.15, 0.2) is 0 Å². The molecular weight excluding hydrogens is 453 g/mol. The van der Waals surface area contributed by atoms with Crippen molar-refractivity contribution in [3.8, 4) is 0 Å². The van der Waals surface area contributed by atoms with Crippen molar-refractivity contribution in [3.63, 3.8) is 0 Å². The van der Waals surface area contributed by atoms with Crippen molar-refractivity contribution in [2.24, 2.45) is 0 Å². The molecule has 0 aliphatic heterocycles. The molecule has 4 nitrogen and oxygen atoms in total. The van der Waals surface area contributed by atoms with Gasteiger partial charge in [-0.3, -0.25) is 4.79 Å². The molecule has 4 rings (SSSR count). The summed E-state index contributed by atoms with van der Waals surface area (Å²) in [6.07, 6.45) is 1.45. The highest BCUT2D eigenvalue weighted by atomic mass is 35.5. The number of halogens is 3. The summed E-state index contributed by atoms with van der Waals surface area (Å²) in [6.45, 7) is 1.12. The fourth-order valence-electron chi connectivity index (χ4n) is 3.50. The van der Waals surface area contributed by atoms with Crippen LogP contribution in [0.3, 0.4) is 0 Å². The molecule has 0 aliphatic rings. The Kier molecular flexibility index (Phi) is 6.81. The maximum atomic E-state index is 12.3. The summed E-state index contributed by atoms with van der Waals surface area (Å²) >= 11 is 18.5. The predicted molar refractivity (Wildman–Crippen MR) is 127 cm³/mol. The molecule has 0 saturated heterocycles. The standard InChI is InChI=1S/C24H20Cl3N3O/c25-17-12-11-16(20(27)14-17)15-30-22-9-4-3-8-21(22)29-23(30)10-5-13-28-24(31)18-6-1-2-7-19(18)26/h1-4,6-9,11-12,14H,5,10,13,15H2,(H,28,31). The van der Waals surface area contributed by atoms with E-state index in [0.717, 1.165) is 28.8 Å². The van der Waals surface area contributed by atoms with E-state index in [1.807, 2.05) is 30.3 Å². The third kappa shape index (κ3) is 5.04. The molecule has 0 radical (unpaired) electrons. The summed E-state index contributed by atoms with van der Waals surface area (Å²) in [5.74, 6) is 0.770. The smallest absolute Gasteiger partial charge is 0.252 e. The minimum absolute atomic E-state index is 0.174. The Balaban J connectivity index is 1.48. The summed E-state index contributed by atoms with van der Waals surface area (Å²) in [5, 5.41) is 4.62. The van der Waals surface area contributed by atoms with E-state index in [-0.39, 0.29) is 5.91 Å². The van der Waals surface area contributed by atoms with Gasteiger partial charge in [0.1, 0.15) is 5.82 Å². The molecule has 0 spiro atoms. The molecule has 3 aromatic carbocycles. The van der Waals surface area contributed by atoms with Crippen molar-refractivity contribution in [1.82, 2.24) is 14.9 Å². The molecule has 1 N–H and O–H groups in total. The number of nitrogens with one attached hydrogen (secondary N) is 1. The van der Waals surface area contributed by atoms with Crippen LogP contribution < -0.4 is 5.32 Å². The average Bonchev–Trinajstić information content (AvgIpc) is 3.10. The van der Waals surface area contributed by atoms with Crippen LogP contribution in [-0.2, 0) is 13.0 Å². The quantitative estimate of drug-likeness (QED) is 0.316. The number of amides is 1. The third-order valence-corrected chi connectivity index (χ3v) is 5.97. The van der Waals surface area contributed by atoms with Crippen molar-refractivity contribution in [1.29, 1.82) is 0 Å². The Morgan fingerprint density at radius 3 is 2.52 bits per heavy atom. The second-order valence-electron chi connectivity index (χ2n) is 7.18. The summed E-state index contributed by atoms with van der Waals surface area (Å²) in [7, 11) is 0. The van der Waals surface area contributed by atoms with E-state index in [9.17, 15) is 4.79 Å². The number of imidazole rings is 1. The number of hydrogen-bond acceptors (Lipinski definition) is 2. The zero-order valence-corrected chi connectivity index (χ0v) is 18.9. The Hall–Kier alpha value is -2.53. The third-order valence-electron chi connectivity index (χ3n) is 5.06. The van der Waals surface area contributed by atoms with Crippen molar-refractivity contribution >= 4 is 51.7 Å². The number of para-hydroxylation sites is 2. The molecule has 1 aromatic heterocycles. The number of carbonyl (C=O) groups excluding carboxylic acids is 1. The topological polar surface area (TPSA) is 46.9 Å². The van der Waals surface area contributed by atoms with Crippen molar-refractivity contribution < 1.29 is 4.79 Å². The Morgan fingerprint density at radius 2 is 1.71 bits per heavy atom. The number of nitrogens with zero attached hydrogens (tertiary/aromatic N) is 2. The second-order valence-corrected chi connectivity index (χ2v) is 8.43. The van der Waals surface area contributed by atoms with Crippen LogP contribution in [0.1, 0.15) is 28.2 Å². The summed E-state index contributed by atoms with van der Waals surface area (Å²) < 4.78 is 2.17. The van der Waals surface area contributed by atoms with Gasteiger partial charge in [0, 0.05) is 23.0 Å². The lowest BCUT2D eigenvalue weighted by atomic mass is 10.2. The van der Waals surface area contributed by atoms with Crippen LogP contribution >= 0.6 is 34.8 Å². The second kappa shape index (κ2) is 9.73. The van der Waals surface area contributed by atoms with Gasteiger partial charge in [-0.05, 0) is 48.4 Å². The van der Waals surface area contributed by atoms with Gasteiger partial charge in [0.25, 0.3) is 5.91 Å². The summed E-state index contributed by atoms with van der Waals surface area (Å²) in [5.41, 5.74) is 3.43. The maximum absolute atomic E-state index is 12.3. The van der Waals surface area contributed by atoms with Gasteiger partial charge in [-0.1, -0.05) is 65.1 Å². The largest absolute Gasteiger partial charge is 0.352 e. The number of benzene rings is 3. The van der Waals surface area contributed by atoms with Crippen LogP contribution in [0.2, 0.25) is 15.1 Å². The number of carbonyl (C=O) groups is 1. The first-order chi connectivity index (χ1) is 15.0. The fraction of sp³-hybridized carbons (Fsp3) is 0.167. The fourth-order valence-corrected chi connectivity index (χ4v) is 4.19. The number of aromatic nitrogens is 2. The van der Waals surface area contributed by atoms with Gasteiger partial charge in [-0.25, -0.2) is 4.98 Å². The van der Waals surface area contributed by atoms with Crippen LogP contribution in [0.5, 0.6) is 0 Å². The molecule has 0 saturated carbocycles. The molecule has 1 amide bonds. The van der Waals surface area contributed by atoms with E-state index in [2.05, 4.69) is 16.0 Å². The minimum atomic E-state index is -0.174. The predicted octanol–water partition coefficient (Wildman–Crippen LogP) is 6.41. The summed E-state index contributed by atoms with van der Waals surface area (Å²) in [4.78, 5) is 17.2. The highest BCUT2D eigenvalue weighted by Gasteiger charge is 2.13. The molecule has 0 aliphatic carbocycles. The van der Waals surface area contributed by atoms with Crippen LogP contribution in [0, 0.1) is 0 Å². The molecular formula is C24H20Cl3N3O. The first-order valence-electron chi connectivity index (χ1n) is 9.94. The summed E-state index contributed by atoms with van der Waals surface area (Å²) in [6, 6.07) is 20.6. The average molecular weight is 473 g/mol. The number of aryl methyl sites for hydroxylation is 1. The van der Waals surface area contributed by atoms with E-state index < -0.39 is 0 Å². The molecule has 0 fully saturated rings. The van der Waals surface area contributed by atoms with Gasteiger partial charge in [0.05, 0.1) is 28.2 Å². The van der Waals surface area contributed by atoms with E-state index in [0.29, 0.717) is 40.1 Å². The van der Waals surface area contributed by atoms with Crippen LogP contribution in [0.25, 0.3) is 11.0 Å².